The Hall–Kier alpha value is -3.15. The predicted octanol–water partition coefficient (Wildman–Crippen LogP) is 3.20. The standard InChI is InChI=1S/C18H16O6/c1-9-4-10(5-15(22-2)18(9)23-3)12-8-16(21)24-14-7-11(19)6-13(20)17(12)14/h4-8,19-20H,1-3H3. The van der Waals surface area contributed by atoms with Crippen LogP contribution in [0.5, 0.6) is 23.0 Å². The highest BCUT2D eigenvalue weighted by atomic mass is 16.5. The summed E-state index contributed by atoms with van der Waals surface area (Å²) in [5.74, 6) is 0.725. The molecule has 0 fully saturated rings. The van der Waals surface area contributed by atoms with E-state index in [0.717, 1.165) is 5.56 Å². The fraction of sp³-hybridized carbons (Fsp3) is 0.167. The molecule has 124 valence electrons. The molecule has 0 amide bonds. The second-order valence-electron chi connectivity index (χ2n) is 5.35. The minimum absolute atomic E-state index is 0.0995. The number of aromatic hydroxyl groups is 2. The zero-order chi connectivity index (χ0) is 17.4. The topological polar surface area (TPSA) is 89.1 Å². The van der Waals surface area contributed by atoms with E-state index in [1.165, 1.54) is 25.3 Å². The van der Waals surface area contributed by atoms with Gasteiger partial charge < -0.3 is 24.1 Å². The Morgan fingerprint density at radius 1 is 1.00 bits per heavy atom. The van der Waals surface area contributed by atoms with E-state index in [-0.39, 0.29) is 17.1 Å². The molecule has 0 saturated carbocycles. The molecule has 3 rings (SSSR count). The van der Waals surface area contributed by atoms with Crippen LogP contribution in [0.15, 0.2) is 39.5 Å². The molecule has 0 radical (unpaired) electrons. The number of rotatable bonds is 3. The maximum absolute atomic E-state index is 11.9. The molecule has 0 aliphatic heterocycles. The van der Waals surface area contributed by atoms with Gasteiger partial charge in [-0.25, -0.2) is 4.79 Å². The lowest BCUT2D eigenvalue weighted by Crippen LogP contribution is -1.99. The van der Waals surface area contributed by atoms with Gasteiger partial charge in [0.15, 0.2) is 11.5 Å². The van der Waals surface area contributed by atoms with Crippen LogP contribution in [0.2, 0.25) is 0 Å². The average molecular weight is 328 g/mol. The monoisotopic (exact) mass is 328 g/mol. The highest BCUT2D eigenvalue weighted by molar-refractivity contribution is 5.98. The Morgan fingerprint density at radius 3 is 2.42 bits per heavy atom. The molecule has 0 atom stereocenters. The number of hydrogen-bond acceptors (Lipinski definition) is 6. The smallest absolute Gasteiger partial charge is 0.336 e. The highest BCUT2D eigenvalue weighted by Gasteiger charge is 2.16. The number of ether oxygens (including phenoxy) is 2. The van der Waals surface area contributed by atoms with Gasteiger partial charge in [-0.1, -0.05) is 0 Å². The molecular weight excluding hydrogens is 312 g/mol. The molecular formula is C18H16O6. The van der Waals surface area contributed by atoms with E-state index in [4.69, 9.17) is 13.9 Å². The van der Waals surface area contributed by atoms with Gasteiger partial charge in [0.1, 0.15) is 17.1 Å². The Kier molecular flexibility index (Phi) is 3.81. The minimum atomic E-state index is -0.588. The molecule has 0 bridgehead atoms. The van der Waals surface area contributed by atoms with Crippen molar-refractivity contribution in [2.45, 2.75) is 6.92 Å². The first-order valence-corrected chi connectivity index (χ1v) is 7.17. The number of aryl methyl sites for hydroxylation is 1. The van der Waals surface area contributed by atoms with Crippen molar-refractivity contribution in [3.63, 3.8) is 0 Å². The normalized spacial score (nSPS) is 10.8. The molecule has 0 aliphatic rings. The molecule has 1 aromatic heterocycles. The SMILES string of the molecule is COc1cc(-c2cc(=O)oc3cc(O)cc(O)c23)cc(C)c1OC. The van der Waals surface area contributed by atoms with E-state index in [2.05, 4.69) is 0 Å². The third-order valence-electron chi connectivity index (χ3n) is 3.78. The van der Waals surface area contributed by atoms with E-state index >= 15 is 0 Å². The van der Waals surface area contributed by atoms with Gasteiger partial charge in [0.25, 0.3) is 0 Å². The first-order chi connectivity index (χ1) is 11.4. The van der Waals surface area contributed by atoms with Crippen molar-refractivity contribution in [1.29, 1.82) is 0 Å². The first kappa shape index (κ1) is 15.7. The quantitative estimate of drug-likeness (QED) is 0.718. The van der Waals surface area contributed by atoms with Crippen molar-refractivity contribution in [2.75, 3.05) is 14.2 Å². The fourth-order valence-electron chi connectivity index (χ4n) is 2.80. The van der Waals surface area contributed by atoms with Gasteiger partial charge in [-0.15, -0.1) is 0 Å². The predicted molar refractivity (Wildman–Crippen MR) is 89.1 cm³/mol. The van der Waals surface area contributed by atoms with Gasteiger partial charge in [0.05, 0.1) is 19.6 Å². The van der Waals surface area contributed by atoms with E-state index in [9.17, 15) is 15.0 Å². The van der Waals surface area contributed by atoms with Crippen LogP contribution < -0.4 is 15.1 Å². The van der Waals surface area contributed by atoms with Crippen LogP contribution in [0.1, 0.15) is 5.56 Å². The van der Waals surface area contributed by atoms with Crippen molar-refractivity contribution < 1.29 is 24.1 Å². The molecule has 24 heavy (non-hydrogen) atoms. The largest absolute Gasteiger partial charge is 0.508 e. The summed E-state index contributed by atoms with van der Waals surface area (Å²) in [5, 5.41) is 20.1. The van der Waals surface area contributed by atoms with Gasteiger partial charge in [-0.2, -0.15) is 0 Å². The number of fused-ring (bicyclic) bond motifs is 1. The van der Waals surface area contributed by atoms with Crippen molar-refractivity contribution >= 4 is 11.0 Å². The van der Waals surface area contributed by atoms with Crippen LogP contribution in [0.4, 0.5) is 0 Å². The van der Waals surface area contributed by atoms with E-state index in [1.807, 2.05) is 13.0 Å². The molecule has 0 saturated heterocycles. The van der Waals surface area contributed by atoms with Crippen molar-refractivity contribution in [2.24, 2.45) is 0 Å². The summed E-state index contributed by atoms with van der Waals surface area (Å²) in [6, 6.07) is 7.31. The molecule has 3 aromatic rings. The van der Waals surface area contributed by atoms with Gasteiger partial charge in [-0.3, -0.25) is 0 Å². The van der Waals surface area contributed by atoms with Gasteiger partial charge in [0.2, 0.25) is 0 Å². The molecule has 0 unspecified atom stereocenters. The fourth-order valence-corrected chi connectivity index (χ4v) is 2.80. The lowest BCUT2D eigenvalue weighted by molar-refractivity contribution is 0.353. The lowest BCUT2D eigenvalue weighted by Gasteiger charge is -2.14. The third kappa shape index (κ3) is 2.52. The van der Waals surface area contributed by atoms with Crippen LogP contribution >= 0.6 is 0 Å². The van der Waals surface area contributed by atoms with Crippen LogP contribution in [0.25, 0.3) is 22.1 Å². The van der Waals surface area contributed by atoms with Gasteiger partial charge in [-0.05, 0) is 30.2 Å². The Balaban J connectivity index is 2.38. The van der Waals surface area contributed by atoms with Crippen molar-refractivity contribution in [3.05, 3.63) is 46.3 Å². The summed E-state index contributed by atoms with van der Waals surface area (Å²) in [6.07, 6.45) is 0. The van der Waals surface area contributed by atoms with E-state index in [1.54, 1.807) is 13.2 Å². The maximum Gasteiger partial charge on any atom is 0.336 e. The molecule has 6 nitrogen and oxygen atoms in total. The molecule has 1 heterocycles. The van der Waals surface area contributed by atoms with Crippen LogP contribution in [-0.4, -0.2) is 24.4 Å². The Bertz CT molecular complexity index is 987. The zero-order valence-corrected chi connectivity index (χ0v) is 13.4. The minimum Gasteiger partial charge on any atom is -0.508 e. The number of phenolic OH excluding ortho intramolecular Hbond substituents is 2. The third-order valence-corrected chi connectivity index (χ3v) is 3.78. The van der Waals surface area contributed by atoms with E-state index in [0.29, 0.717) is 28.0 Å². The number of phenols is 2. The van der Waals surface area contributed by atoms with Gasteiger partial charge >= 0.3 is 5.63 Å². The second kappa shape index (κ2) is 5.81. The first-order valence-electron chi connectivity index (χ1n) is 7.17. The Morgan fingerprint density at radius 2 is 1.75 bits per heavy atom. The summed E-state index contributed by atoms with van der Waals surface area (Å²) in [7, 11) is 3.07. The average Bonchev–Trinajstić information content (AvgIpc) is 2.52. The lowest BCUT2D eigenvalue weighted by atomic mass is 9.98. The van der Waals surface area contributed by atoms with E-state index < -0.39 is 5.63 Å². The molecule has 0 aliphatic carbocycles. The van der Waals surface area contributed by atoms with Gasteiger partial charge in [0, 0.05) is 23.8 Å². The number of benzene rings is 2. The summed E-state index contributed by atoms with van der Waals surface area (Å²) < 4.78 is 15.7. The molecule has 2 N–H and O–H groups in total. The number of methoxy groups -OCH3 is 2. The van der Waals surface area contributed by atoms with Crippen molar-refractivity contribution in [3.8, 4) is 34.1 Å². The number of hydrogen-bond donors (Lipinski definition) is 2. The van der Waals surface area contributed by atoms with Crippen LogP contribution in [0.3, 0.4) is 0 Å². The second-order valence-corrected chi connectivity index (χ2v) is 5.35. The van der Waals surface area contributed by atoms with Crippen LogP contribution in [0, 0.1) is 6.92 Å². The summed E-state index contributed by atoms with van der Waals surface area (Å²) in [6.45, 7) is 1.85. The zero-order valence-electron chi connectivity index (χ0n) is 13.4. The van der Waals surface area contributed by atoms with Crippen LogP contribution in [-0.2, 0) is 0 Å². The molecule has 2 aromatic carbocycles. The molecule has 6 heteroatoms. The van der Waals surface area contributed by atoms with Crippen molar-refractivity contribution in [1.82, 2.24) is 0 Å². The highest BCUT2D eigenvalue weighted by Crippen LogP contribution is 2.40. The summed E-state index contributed by atoms with van der Waals surface area (Å²) in [5.41, 5.74) is 1.45. The molecule has 0 spiro atoms. The Labute approximate surface area is 137 Å². The summed E-state index contributed by atoms with van der Waals surface area (Å²) in [4.78, 5) is 11.9. The maximum atomic E-state index is 11.9. The summed E-state index contributed by atoms with van der Waals surface area (Å²) >= 11 is 0.